The maximum Gasteiger partial charge on any atom is 0.220 e. The van der Waals surface area contributed by atoms with Crippen LogP contribution in [-0.4, -0.2) is 18.4 Å². The Morgan fingerprint density at radius 3 is 2.52 bits per heavy atom. The molecule has 0 bridgehead atoms. The van der Waals surface area contributed by atoms with Gasteiger partial charge in [-0.25, -0.2) is 0 Å². The first-order chi connectivity index (χ1) is 11.1. The summed E-state index contributed by atoms with van der Waals surface area (Å²) in [6.45, 7) is 1.97. The van der Waals surface area contributed by atoms with E-state index in [1.54, 1.807) is 11.3 Å². The molecule has 4 nitrogen and oxygen atoms in total. The Labute approximate surface area is 144 Å². The number of amides is 2. The predicted molar refractivity (Wildman–Crippen MR) is 93.7 cm³/mol. The largest absolute Gasteiger partial charge is 0.356 e. The molecule has 0 saturated heterocycles. The molecule has 0 radical (unpaired) electrons. The second-order valence-corrected chi connectivity index (χ2v) is 6.41. The molecule has 0 saturated carbocycles. The molecule has 1 heterocycles. The standard InChI is InChI=1S/C17H19ClN2O2S/c1-12(21)19-9-2-3-16(22)20-17(14-8-10-23-11-14)13-4-6-15(18)7-5-13/h4-8,10-11,17H,2-3,9H2,1H3,(H,19,21)(H,20,22). The highest BCUT2D eigenvalue weighted by Gasteiger charge is 2.17. The minimum absolute atomic E-state index is 0.0403. The first-order valence-electron chi connectivity index (χ1n) is 7.37. The highest BCUT2D eigenvalue weighted by molar-refractivity contribution is 7.08. The molecule has 2 rings (SSSR count). The molecule has 23 heavy (non-hydrogen) atoms. The fourth-order valence-corrected chi connectivity index (χ4v) is 3.01. The van der Waals surface area contributed by atoms with Gasteiger partial charge in [0.2, 0.25) is 11.8 Å². The van der Waals surface area contributed by atoms with Crippen LogP contribution in [0.3, 0.4) is 0 Å². The second-order valence-electron chi connectivity index (χ2n) is 5.20. The van der Waals surface area contributed by atoms with E-state index in [4.69, 9.17) is 11.6 Å². The first kappa shape index (κ1) is 17.5. The lowest BCUT2D eigenvalue weighted by atomic mass is 10.0. The molecule has 122 valence electrons. The van der Waals surface area contributed by atoms with Gasteiger partial charge in [-0.15, -0.1) is 0 Å². The van der Waals surface area contributed by atoms with E-state index in [1.807, 2.05) is 41.1 Å². The van der Waals surface area contributed by atoms with E-state index in [9.17, 15) is 9.59 Å². The summed E-state index contributed by atoms with van der Waals surface area (Å²) in [6, 6.07) is 9.29. The average Bonchev–Trinajstić information content (AvgIpc) is 3.04. The molecule has 0 fully saturated rings. The van der Waals surface area contributed by atoms with Crippen LogP contribution in [0.25, 0.3) is 0 Å². The molecule has 2 N–H and O–H groups in total. The molecule has 0 aliphatic rings. The summed E-state index contributed by atoms with van der Waals surface area (Å²) in [4.78, 5) is 23.0. The zero-order chi connectivity index (χ0) is 16.7. The Morgan fingerprint density at radius 2 is 1.91 bits per heavy atom. The number of carbonyl (C=O) groups excluding carboxylic acids is 2. The number of nitrogens with one attached hydrogen (secondary N) is 2. The highest BCUT2D eigenvalue weighted by Crippen LogP contribution is 2.25. The van der Waals surface area contributed by atoms with Crippen LogP contribution >= 0.6 is 22.9 Å². The van der Waals surface area contributed by atoms with Crippen molar-refractivity contribution in [1.82, 2.24) is 10.6 Å². The Hall–Kier alpha value is -1.85. The molecule has 6 heteroatoms. The van der Waals surface area contributed by atoms with Crippen LogP contribution in [0.1, 0.15) is 36.9 Å². The van der Waals surface area contributed by atoms with E-state index >= 15 is 0 Å². The number of hydrogen-bond acceptors (Lipinski definition) is 3. The average molecular weight is 351 g/mol. The summed E-state index contributed by atoms with van der Waals surface area (Å²) in [7, 11) is 0. The molecule has 2 aromatic rings. The fraction of sp³-hybridized carbons (Fsp3) is 0.294. The van der Waals surface area contributed by atoms with E-state index in [1.165, 1.54) is 6.92 Å². The maximum atomic E-state index is 12.2. The number of hydrogen-bond donors (Lipinski definition) is 2. The number of benzene rings is 1. The van der Waals surface area contributed by atoms with Gasteiger partial charge in [-0.1, -0.05) is 23.7 Å². The van der Waals surface area contributed by atoms with Crippen LogP contribution in [0.2, 0.25) is 5.02 Å². The van der Waals surface area contributed by atoms with Crippen molar-refractivity contribution in [2.24, 2.45) is 0 Å². The van der Waals surface area contributed by atoms with Crippen molar-refractivity contribution in [3.8, 4) is 0 Å². The molecular formula is C17H19ClN2O2S. The molecular weight excluding hydrogens is 332 g/mol. The van der Waals surface area contributed by atoms with Gasteiger partial charge in [0.15, 0.2) is 0 Å². The molecule has 2 amide bonds. The molecule has 0 aliphatic carbocycles. The zero-order valence-corrected chi connectivity index (χ0v) is 14.4. The predicted octanol–water partition coefficient (Wildman–Crippen LogP) is 3.52. The van der Waals surface area contributed by atoms with Gasteiger partial charge in [0, 0.05) is 24.9 Å². The number of thiophene rings is 1. The van der Waals surface area contributed by atoms with Crippen LogP contribution in [-0.2, 0) is 9.59 Å². The molecule has 0 spiro atoms. The van der Waals surface area contributed by atoms with Crippen molar-refractivity contribution < 1.29 is 9.59 Å². The first-order valence-corrected chi connectivity index (χ1v) is 8.69. The quantitative estimate of drug-likeness (QED) is 0.750. The third-order valence-corrected chi connectivity index (χ3v) is 4.29. The highest BCUT2D eigenvalue weighted by atomic mass is 35.5. The number of halogens is 1. The Bertz CT molecular complexity index is 641. The van der Waals surface area contributed by atoms with E-state index < -0.39 is 0 Å². The van der Waals surface area contributed by atoms with Crippen molar-refractivity contribution in [1.29, 1.82) is 0 Å². The van der Waals surface area contributed by atoms with E-state index in [2.05, 4.69) is 10.6 Å². The Balaban J connectivity index is 2.00. The fourth-order valence-electron chi connectivity index (χ4n) is 2.20. The summed E-state index contributed by atoms with van der Waals surface area (Å²) < 4.78 is 0. The number of carbonyl (C=O) groups is 2. The van der Waals surface area contributed by atoms with E-state index in [0.29, 0.717) is 24.4 Å². The zero-order valence-electron chi connectivity index (χ0n) is 12.8. The van der Waals surface area contributed by atoms with Crippen LogP contribution < -0.4 is 10.6 Å². The van der Waals surface area contributed by atoms with Crippen LogP contribution in [0.5, 0.6) is 0 Å². The van der Waals surface area contributed by atoms with Gasteiger partial charge in [-0.3, -0.25) is 9.59 Å². The lowest BCUT2D eigenvalue weighted by molar-refractivity contribution is -0.122. The SMILES string of the molecule is CC(=O)NCCCC(=O)NC(c1ccc(Cl)cc1)c1ccsc1. The maximum absolute atomic E-state index is 12.2. The van der Waals surface area contributed by atoms with E-state index in [0.717, 1.165) is 11.1 Å². The van der Waals surface area contributed by atoms with Crippen molar-refractivity contribution in [2.45, 2.75) is 25.8 Å². The van der Waals surface area contributed by atoms with Gasteiger partial charge in [0.1, 0.15) is 0 Å². The lowest BCUT2D eigenvalue weighted by Gasteiger charge is -2.18. The topological polar surface area (TPSA) is 58.2 Å². The minimum atomic E-state index is -0.188. The molecule has 1 unspecified atom stereocenters. The van der Waals surface area contributed by atoms with Crippen molar-refractivity contribution in [2.75, 3.05) is 6.54 Å². The van der Waals surface area contributed by atoms with Gasteiger partial charge in [0.05, 0.1) is 6.04 Å². The minimum Gasteiger partial charge on any atom is -0.356 e. The summed E-state index contributed by atoms with van der Waals surface area (Å²) in [5, 5.41) is 10.4. The van der Waals surface area contributed by atoms with Gasteiger partial charge in [-0.2, -0.15) is 11.3 Å². The molecule has 1 aromatic heterocycles. The smallest absolute Gasteiger partial charge is 0.220 e. The summed E-state index contributed by atoms with van der Waals surface area (Å²) in [5.41, 5.74) is 2.04. The molecule has 1 aromatic carbocycles. The van der Waals surface area contributed by atoms with Crippen LogP contribution in [0, 0.1) is 0 Å². The van der Waals surface area contributed by atoms with Gasteiger partial charge in [0.25, 0.3) is 0 Å². The Morgan fingerprint density at radius 1 is 1.17 bits per heavy atom. The third kappa shape index (κ3) is 5.69. The third-order valence-electron chi connectivity index (χ3n) is 3.34. The lowest BCUT2D eigenvalue weighted by Crippen LogP contribution is -2.30. The van der Waals surface area contributed by atoms with Gasteiger partial charge < -0.3 is 10.6 Å². The monoisotopic (exact) mass is 350 g/mol. The van der Waals surface area contributed by atoms with Crippen LogP contribution in [0.15, 0.2) is 41.1 Å². The van der Waals surface area contributed by atoms with Gasteiger partial charge >= 0.3 is 0 Å². The second kappa shape index (κ2) is 8.70. The normalized spacial score (nSPS) is 11.7. The molecule has 1 atom stereocenters. The summed E-state index contributed by atoms with van der Waals surface area (Å²) in [5.74, 6) is -0.121. The summed E-state index contributed by atoms with van der Waals surface area (Å²) in [6.07, 6.45) is 0.983. The number of rotatable bonds is 7. The van der Waals surface area contributed by atoms with Crippen LogP contribution in [0.4, 0.5) is 0 Å². The molecule has 0 aliphatic heterocycles. The van der Waals surface area contributed by atoms with Gasteiger partial charge in [-0.05, 0) is 46.5 Å². The van der Waals surface area contributed by atoms with Crippen molar-refractivity contribution >= 4 is 34.8 Å². The van der Waals surface area contributed by atoms with E-state index in [-0.39, 0.29) is 17.9 Å². The Kier molecular flexibility index (Phi) is 6.62. The summed E-state index contributed by atoms with van der Waals surface area (Å²) >= 11 is 7.53. The van der Waals surface area contributed by atoms with Crippen molar-refractivity contribution in [3.05, 3.63) is 57.2 Å². The van der Waals surface area contributed by atoms with Crippen molar-refractivity contribution in [3.63, 3.8) is 0 Å².